The predicted molar refractivity (Wildman–Crippen MR) is 103 cm³/mol. The Morgan fingerprint density at radius 3 is 2.65 bits per heavy atom. The lowest BCUT2D eigenvalue weighted by Gasteiger charge is -2.27. The number of hydrogen-bond donors (Lipinski definition) is 3. The first kappa shape index (κ1) is 18.3. The Morgan fingerprint density at radius 2 is 2.08 bits per heavy atom. The van der Waals surface area contributed by atoms with Crippen LogP contribution >= 0.6 is 0 Å². The zero-order chi connectivity index (χ0) is 18.5. The molecule has 2 saturated carbocycles. The van der Waals surface area contributed by atoms with Crippen LogP contribution in [0.4, 0.5) is 5.95 Å². The van der Waals surface area contributed by atoms with Crippen LogP contribution in [0.1, 0.15) is 56.2 Å². The van der Waals surface area contributed by atoms with E-state index in [1.165, 1.54) is 19.0 Å². The van der Waals surface area contributed by atoms with Gasteiger partial charge in [-0.2, -0.15) is 5.26 Å². The molecule has 2 aliphatic rings. The van der Waals surface area contributed by atoms with Crippen LogP contribution in [0.25, 0.3) is 5.57 Å². The van der Waals surface area contributed by atoms with Gasteiger partial charge in [0, 0.05) is 36.6 Å². The summed E-state index contributed by atoms with van der Waals surface area (Å²) in [5.74, 6) is 1.20. The van der Waals surface area contributed by atoms with Crippen molar-refractivity contribution in [1.29, 1.82) is 5.26 Å². The summed E-state index contributed by atoms with van der Waals surface area (Å²) in [6.45, 7) is 0. The standard InChI is InChI=1S/C19H27N7/c1-23-17(8-12-2-3-12)16(10-21)18-13(9-20)11-24-19(26-18)25-15-6-4-14(22)5-7-15/h10-12,14-15H,2-8,21-22H2,1H3,(H,24,25,26). The van der Waals surface area contributed by atoms with Crippen molar-refractivity contribution in [3.63, 3.8) is 0 Å². The minimum Gasteiger partial charge on any atom is -0.404 e. The molecule has 3 rings (SSSR count). The summed E-state index contributed by atoms with van der Waals surface area (Å²) in [5, 5.41) is 12.9. The molecule has 0 amide bonds. The first-order chi connectivity index (χ1) is 12.6. The molecule has 0 unspecified atom stereocenters. The molecule has 1 aromatic rings. The Balaban J connectivity index is 1.83. The summed E-state index contributed by atoms with van der Waals surface area (Å²) in [4.78, 5) is 13.3. The van der Waals surface area contributed by atoms with Crippen molar-refractivity contribution in [3.05, 3.63) is 23.7 Å². The van der Waals surface area contributed by atoms with Crippen molar-refractivity contribution in [1.82, 2.24) is 9.97 Å². The zero-order valence-electron chi connectivity index (χ0n) is 15.3. The summed E-state index contributed by atoms with van der Waals surface area (Å²) in [5.41, 5.74) is 14.5. The van der Waals surface area contributed by atoms with E-state index in [9.17, 15) is 5.26 Å². The molecule has 0 atom stereocenters. The van der Waals surface area contributed by atoms with E-state index in [0.29, 0.717) is 35.2 Å². The molecule has 2 fully saturated rings. The number of hydrogen-bond acceptors (Lipinski definition) is 7. The molecule has 1 aromatic heterocycles. The van der Waals surface area contributed by atoms with Gasteiger partial charge in [-0.1, -0.05) is 0 Å². The summed E-state index contributed by atoms with van der Waals surface area (Å²) < 4.78 is 0. The van der Waals surface area contributed by atoms with Gasteiger partial charge in [-0.05, 0) is 50.9 Å². The van der Waals surface area contributed by atoms with Crippen molar-refractivity contribution >= 4 is 17.2 Å². The van der Waals surface area contributed by atoms with E-state index in [1.54, 1.807) is 13.2 Å². The van der Waals surface area contributed by atoms with Gasteiger partial charge in [0.25, 0.3) is 0 Å². The topological polar surface area (TPSA) is 126 Å². The Bertz CT molecular complexity index is 735. The lowest BCUT2D eigenvalue weighted by Crippen LogP contribution is -2.33. The fraction of sp³-hybridized carbons (Fsp3) is 0.579. The number of nitriles is 1. The van der Waals surface area contributed by atoms with Gasteiger partial charge in [0.1, 0.15) is 6.07 Å². The van der Waals surface area contributed by atoms with Crippen LogP contribution in [-0.4, -0.2) is 34.8 Å². The van der Waals surface area contributed by atoms with Gasteiger partial charge in [0.15, 0.2) is 0 Å². The fourth-order valence-corrected chi connectivity index (χ4v) is 3.41. The highest BCUT2D eigenvalue weighted by Gasteiger charge is 2.26. The van der Waals surface area contributed by atoms with Crippen LogP contribution in [0.5, 0.6) is 0 Å². The number of aliphatic imine (C=N–C) groups is 1. The lowest BCUT2D eigenvalue weighted by molar-refractivity contribution is 0.410. The largest absolute Gasteiger partial charge is 0.404 e. The first-order valence-corrected chi connectivity index (χ1v) is 9.32. The monoisotopic (exact) mass is 353 g/mol. The van der Waals surface area contributed by atoms with Crippen molar-refractivity contribution in [2.45, 2.75) is 57.0 Å². The SMILES string of the molecule is CN=C(CC1CC1)C(=CN)c1nc(NC2CCC(N)CC2)ncc1C#N. The number of nitrogens with two attached hydrogens (primary N) is 2. The third kappa shape index (κ3) is 4.38. The Morgan fingerprint density at radius 1 is 1.35 bits per heavy atom. The average Bonchev–Trinajstić information content (AvgIpc) is 3.48. The van der Waals surface area contributed by atoms with E-state index in [2.05, 4.69) is 26.3 Å². The molecule has 0 spiro atoms. The van der Waals surface area contributed by atoms with Crippen molar-refractivity contribution in [2.24, 2.45) is 22.4 Å². The second-order valence-corrected chi connectivity index (χ2v) is 7.22. The molecule has 138 valence electrons. The molecule has 7 heteroatoms. The normalized spacial score (nSPS) is 24.2. The fourth-order valence-electron chi connectivity index (χ4n) is 3.41. The Kier molecular flexibility index (Phi) is 5.84. The van der Waals surface area contributed by atoms with Crippen LogP contribution in [-0.2, 0) is 0 Å². The van der Waals surface area contributed by atoms with E-state index in [-0.39, 0.29) is 0 Å². The number of aromatic nitrogens is 2. The van der Waals surface area contributed by atoms with Crippen LogP contribution in [0, 0.1) is 17.2 Å². The number of nitrogens with one attached hydrogen (secondary N) is 1. The van der Waals surface area contributed by atoms with Crippen molar-refractivity contribution in [3.8, 4) is 6.07 Å². The van der Waals surface area contributed by atoms with Gasteiger partial charge < -0.3 is 16.8 Å². The van der Waals surface area contributed by atoms with Gasteiger partial charge in [-0.15, -0.1) is 0 Å². The molecule has 0 bridgehead atoms. The molecule has 2 aliphatic carbocycles. The summed E-state index contributed by atoms with van der Waals surface area (Å²) in [6.07, 6.45) is 10.4. The van der Waals surface area contributed by atoms with Crippen LogP contribution < -0.4 is 16.8 Å². The third-order valence-electron chi connectivity index (χ3n) is 5.20. The van der Waals surface area contributed by atoms with Gasteiger partial charge in [0.05, 0.1) is 17.5 Å². The highest BCUT2D eigenvalue weighted by atomic mass is 15.1. The summed E-state index contributed by atoms with van der Waals surface area (Å²) >= 11 is 0. The molecule has 5 N–H and O–H groups in total. The third-order valence-corrected chi connectivity index (χ3v) is 5.20. The maximum atomic E-state index is 9.48. The van der Waals surface area contributed by atoms with Gasteiger partial charge >= 0.3 is 0 Å². The minimum absolute atomic E-state index is 0.294. The smallest absolute Gasteiger partial charge is 0.223 e. The molecule has 0 aromatic carbocycles. The molecular formula is C19H27N7. The van der Waals surface area contributed by atoms with Gasteiger partial charge in [0.2, 0.25) is 5.95 Å². The molecule has 0 aliphatic heterocycles. The number of nitrogens with zero attached hydrogens (tertiary/aromatic N) is 4. The number of allylic oxidation sites excluding steroid dienone is 1. The first-order valence-electron chi connectivity index (χ1n) is 9.32. The Labute approximate surface area is 154 Å². The highest BCUT2D eigenvalue weighted by Crippen LogP contribution is 2.35. The molecule has 7 nitrogen and oxygen atoms in total. The maximum absolute atomic E-state index is 9.48. The molecule has 1 heterocycles. The van der Waals surface area contributed by atoms with Crippen molar-refractivity contribution < 1.29 is 0 Å². The second-order valence-electron chi connectivity index (χ2n) is 7.22. The van der Waals surface area contributed by atoms with Crippen molar-refractivity contribution in [2.75, 3.05) is 12.4 Å². The minimum atomic E-state index is 0.294. The number of rotatable bonds is 6. The quantitative estimate of drug-likeness (QED) is 0.673. The van der Waals surface area contributed by atoms with Crippen LogP contribution in [0.3, 0.4) is 0 Å². The molecular weight excluding hydrogens is 326 g/mol. The molecule has 26 heavy (non-hydrogen) atoms. The summed E-state index contributed by atoms with van der Waals surface area (Å²) in [7, 11) is 1.76. The van der Waals surface area contributed by atoms with E-state index in [1.807, 2.05) is 0 Å². The predicted octanol–water partition coefficient (Wildman–Crippen LogP) is 2.20. The highest BCUT2D eigenvalue weighted by molar-refractivity contribution is 6.23. The molecule has 0 radical (unpaired) electrons. The lowest BCUT2D eigenvalue weighted by atomic mass is 9.92. The number of anilines is 1. The van der Waals surface area contributed by atoms with Crippen LogP contribution in [0.2, 0.25) is 0 Å². The maximum Gasteiger partial charge on any atom is 0.223 e. The second kappa shape index (κ2) is 8.28. The molecule has 0 saturated heterocycles. The van der Waals surface area contributed by atoms with E-state index in [0.717, 1.165) is 43.4 Å². The zero-order valence-corrected chi connectivity index (χ0v) is 15.3. The summed E-state index contributed by atoms with van der Waals surface area (Å²) in [6, 6.07) is 2.78. The van der Waals surface area contributed by atoms with E-state index in [4.69, 9.17) is 11.5 Å². The van der Waals surface area contributed by atoms with E-state index < -0.39 is 0 Å². The van der Waals surface area contributed by atoms with Crippen LogP contribution in [0.15, 0.2) is 17.4 Å². The Hall–Kier alpha value is -2.46. The van der Waals surface area contributed by atoms with Gasteiger partial charge in [-0.3, -0.25) is 4.99 Å². The average molecular weight is 353 g/mol. The van der Waals surface area contributed by atoms with Gasteiger partial charge in [-0.25, -0.2) is 9.97 Å². The van der Waals surface area contributed by atoms with E-state index >= 15 is 0 Å².